The van der Waals surface area contributed by atoms with Crippen molar-refractivity contribution in [1.82, 2.24) is 19.5 Å². The Hall–Kier alpha value is -1.97. The number of imidazole rings is 1. The standard InChI is InChI=1S/C15H18N4/c1-3-4-5-10-13-18-14-15(19(13)2)17-12-9-7-6-8-11(12)16-14/h6-9H,3-5,10H2,1-2H3. The van der Waals surface area contributed by atoms with E-state index in [9.17, 15) is 0 Å². The summed E-state index contributed by atoms with van der Waals surface area (Å²) in [6.45, 7) is 2.21. The van der Waals surface area contributed by atoms with Crippen molar-refractivity contribution >= 4 is 22.3 Å². The Labute approximate surface area is 112 Å². The number of hydrogen-bond donors (Lipinski definition) is 0. The Kier molecular flexibility index (Phi) is 3.15. The van der Waals surface area contributed by atoms with Gasteiger partial charge in [-0.3, -0.25) is 0 Å². The zero-order valence-electron chi connectivity index (χ0n) is 11.4. The van der Waals surface area contributed by atoms with Crippen LogP contribution >= 0.6 is 0 Å². The maximum atomic E-state index is 4.66. The summed E-state index contributed by atoms with van der Waals surface area (Å²) in [7, 11) is 2.03. The summed E-state index contributed by atoms with van der Waals surface area (Å²) in [6, 6.07) is 7.94. The third kappa shape index (κ3) is 2.18. The first kappa shape index (κ1) is 12.1. The lowest BCUT2D eigenvalue weighted by Gasteiger charge is -2.01. The first-order valence-electron chi connectivity index (χ1n) is 6.87. The van der Waals surface area contributed by atoms with Crippen LogP contribution in [-0.4, -0.2) is 19.5 Å². The van der Waals surface area contributed by atoms with Gasteiger partial charge in [0.15, 0.2) is 11.3 Å². The lowest BCUT2D eigenvalue weighted by Crippen LogP contribution is -1.98. The number of fused-ring (bicyclic) bond motifs is 2. The van der Waals surface area contributed by atoms with Crippen LogP contribution in [0.4, 0.5) is 0 Å². The SMILES string of the molecule is CCCCCc1nc2nc3ccccc3nc2n1C. The summed E-state index contributed by atoms with van der Waals surface area (Å²) in [6.07, 6.45) is 4.64. The molecule has 0 unspecified atom stereocenters. The van der Waals surface area contributed by atoms with Gasteiger partial charge in [-0.15, -0.1) is 0 Å². The highest BCUT2D eigenvalue weighted by molar-refractivity contribution is 5.82. The molecule has 4 heteroatoms. The average Bonchev–Trinajstić information content (AvgIpc) is 2.73. The summed E-state index contributed by atoms with van der Waals surface area (Å²) in [5, 5.41) is 0. The Morgan fingerprint density at radius 1 is 1.00 bits per heavy atom. The number of rotatable bonds is 4. The second-order valence-electron chi connectivity index (χ2n) is 4.90. The molecule has 98 valence electrons. The molecule has 3 rings (SSSR count). The van der Waals surface area contributed by atoms with E-state index in [1.54, 1.807) is 0 Å². The second-order valence-corrected chi connectivity index (χ2v) is 4.90. The predicted octanol–water partition coefficient (Wildman–Crippen LogP) is 3.25. The molecule has 1 aromatic carbocycles. The fourth-order valence-electron chi connectivity index (χ4n) is 2.36. The molecule has 0 N–H and O–H groups in total. The molecule has 0 spiro atoms. The van der Waals surface area contributed by atoms with Gasteiger partial charge in [-0.2, -0.15) is 0 Å². The fourth-order valence-corrected chi connectivity index (χ4v) is 2.36. The van der Waals surface area contributed by atoms with Crippen LogP contribution in [0.2, 0.25) is 0 Å². The molecule has 3 aromatic rings. The van der Waals surface area contributed by atoms with Gasteiger partial charge in [0.1, 0.15) is 5.82 Å². The van der Waals surface area contributed by atoms with E-state index in [1.807, 2.05) is 31.3 Å². The number of hydrogen-bond acceptors (Lipinski definition) is 3. The van der Waals surface area contributed by atoms with Crippen LogP contribution in [0.25, 0.3) is 22.3 Å². The molecule has 0 saturated carbocycles. The molecule has 0 fully saturated rings. The molecule has 0 aliphatic heterocycles. The van der Waals surface area contributed by atoms with Crippen LogP contribution in [0.5, 0.6) is 0 Å². The summed E-state index contributed by atoms with van der Waals surface area (Å²) in [5.41, 5.74) is 3.48. The minimum atomic E-state index is 0.757. The third-order valence-electron chi connectivity index (χ3n) is 3.48. The smallest absolute Gasteiger partial charge is 0.198 e. The molecule has 2 aromatic heterocycles. The Morgan fingerprint density at radius 3 is 2.47 bits per heavy atom. The third-order valence-corrected chi connectivity index (χ3v) is 3.48. The van der Waals surface area contributed by atoms with Crippen LogP contribution in [-0.2, 0) is 13.5 Å². The van der Waals surface area contributed by atoms with Crippen molar-refractivity contribution in [2.75, 3.05) is 0 Å². The van der Waals surface area contributed by atoms with Gasteiger partial charge in [-0.25, -0.2) is 15.0 Å². The minimum absolute atomic E-state index is 0.757. The molecule has 0 saturated heterocycles. The molecule has 0 amide bonds. The van der Waals surface area contributed by atoms with Crippen LogP contribution in [0, 0.1) is 0 Å². The first-order chi connectivity index (χ1) is 9.29. The van der Waals surface area contributed by atoms with E-state index in [1.165, 1.54) is 19.3 Å². The van der Waals surface area contributed by atoms with Gasteiger partial charge >= 0.3 is 0 Å². The predicted molar refractivity (Wildman–Crippen MR) is 77.0 cm³/mol. The van der Waals surface area contributed by atoms with E-state index in [0.717, 1.165) is 34.6 Å². The molecular formula is C15H18N4. The van der Waals surface area contributed by atoms with Crippen molar-refractivity contribution in [3.63, 3.8) is 0 Å². The fraction of sp³-hybridized carbons (Fsp3) is 0.400. The Bertz CT molecular complexity index is 715. The summed E-state index contributed by atoms with van der Waals surface area (Å²) in [5.74, 6) is 1.08. The lowest BCUT2D eigenvalue weighted by atomic mass is 10.2. The maximum Gasteiger partial charge on any atom is 0.198 e. The molecule has 0 bridgehead atoms. The van der Waals surface area contributed by atoms with Gasteiger partial charge < -0.3 is 4.57 Å². The minimum Gasteiger partial charge on any atom is -0.314 e. The topological polar surface area (TPSA) is 43.6 Å². The molecule has 4 nitrogen and oxygen atoms in total. The quantitative estimate of drug-likeness (QED) is 0.671. The van der Waals surface area contributed by atoms with E-state index in [4.69, 9.17) is 0 Å². The molecular weight excluding hydrogens is 236 g/mol. The van der Waals surface area contributed by atoms with Crippen LogP contribution < -0.4 is 0 Å². The summed E-state index contributed by atoms with van der Waals surface area (Å²) < 4.78 is 2.07. The van der Waals surface area contributed by atoms with Crippen LogP contribution in [0.3, 0.4) is 0 Å². The lowest BCUT2D eigenvalue weighted by molar-refractivity contribution is 0.675. The van der Waals surface area contributed by atoms with Crippen molar-refractivity contribution in [1.29, 1.82) is 0 Å². The number of aryl methyl sites for hydroxylation is 2. The molecule has 0 atom stereocenters. The van der Waals surface area contributed by atoms with Crippen molar-refractivity contribution in [3.8, 4) is 0 Å². The highest BCUT2D eigenvalue weighted by Crippen LogP contribution is 2.17. The van der Waals surface area contributed by atoms with Crippen LogP contribution in [0.15, 0.2) is 24.3 Å². The van der Waals surface area contributed by atoms with E-state index in [0.29, 0.717) is 0 Å². The Balaban J connectivity index is 2.06. The normalized spacial score (nSPS) is 11.5. The zero-order chi connectivity index (χ0) is 13.2. The van der Waals surface area contributed by atoms with Gasteiger partial charge in [0, 0.05) is 13.5 Å². The molecule has 0 aliphatic carbocycles. The highest BCUT2D eigenvalue weighted by Gasteiger charge is 2.11. The van der Waals surface area contributed by atoms with Crippen LogP contribution in [0.1, 0.15) is 32.0 Å². The number of nitrogens with zero attached hydrogens (tertiary/aromatic N) is 4. The number of benzene rings is 1. The zero-order valence-corrected chi connectivity index (χ0v) is 11.4. The maximum absolute atomic E-state index is 4.66. The van der Waals surface area contributed by atoms with Crippen molar-refractivity contribution < 1.29 is 0 Å². The van der Waals surface area contributed by atoms with Crippen molar-refractivity contribution in [3.05, 3.63) is 30.1 Å². The van der Waals surface area contributed by atoms with Gasteiger partial charge in [0.25, 0.3) is 0 Å². The van der Waals surface area contributed by atoms with Crippen molar-refractivity contribution in [2.24, 2.45) is 7.05 Å². The molecule has 0 aliphatic rings. The molecule has 0 radical (unpaired) electrons. The number of para-hydroxylation sites is 2. The molecule has 2 heterocycles. The van der Waals surface area contributed by atoms with Gasteiger partial charge in [-0.05, 0) is 18.6 Å². The number of unbranched alkanes of at least 4 members (excludes halogenated alkanes) is 2. The highest BCUT2D eigenvalue weighted by atomic mass is 15.1. The Morgan fingerprint density at radius 2 is 1.74 bits per heavy atom. The van der Waals surface area contributed by atoms with E-state index in [-0.39, 0.29) is 0 Å². The summed E-state index contributed by atoms with van der Waals surface area (Å²) in [4.78, 5) is 13.9. The monoisotopic (exact) mass is 254 g/mol. The number of aromatic nitrogens is 4. The first-order valence-corrected chi connectivity index (χ1v) is 6.87. The molecule has 19 heavy (non-hydrogen) atoms. The largest absolute Gasteiger partial charge is 0.314 e. The second kappa shape index (κ2) is 4.96. The van der Waals surface area contributed by atoms with Crippen molar-refractivity contribution in [2.45, 2.75) is 32.6 Å². The van der Waals surface area contributed by atoms with E-state index in [2.05, 4.69) is 26.4 Å². The van der Waals surface area contributed by atoms with Gasteiger partial charge in [-0.1, -0.05) is 31.9 Å². The average molecular weight is 254 g/mol. The van der Waals surface area contributed by atoms with Gasteiger partial charge in [0.2, 0.25) is 0 Å². The van der Waals surface area contributed by atoms with E-state index >= 15 is 0 Å². The van der Waals surface area contributed by atoms with E-state index < -0.39 is 0 Å². The summed E-state index contributed by atoms with van der Waals surface area (Å²) >= 11 is 0. The van der Waals surface area contributed by atoms with Gasteiger partial charge in [0.05, 0.1) is 11.0 Å².